The molecular formula is C13H20FNO2. The Morgan fingerprint density at radius 2 is 2.18 bits per heavy atom. The van der Waals surface area contributed by atoms with Crippen molar-refractivity contribution in [3.63, 3.8) is 0 Å². The number of ether oxygens (including phenoxy) is 1. The molecule has 0 aliphatic carbocycles. The van der Waals surface area contributed by atoms with Crippen molar-refractivity contribution in [2.45, 2.75) is 26.4 Å². The van der Waals surface area contributed by atoms with Crippen molar-refractivity contribution < 1.29 is 14.2 Å². The summed E-state index contributed by atoms with van der Waals surface area (Å²) < 4.78 is 18.9. The van der Waals surface area contributed by atoms with Crippen LogP contribution in [0.3, 0.4) is 0 Å². The zero-order valence-electron chi connectivity index (χ0n) is 10.6. The van der Waals surface area contributed by atoms with E-state index in [1.165, 1.54) is 0 Å². The van der Waals surface area contributed by atoms with Gasteiger partial charge in [-0.3, -0.25) is 0 Å². The quantitative estimate of drug-likeness (QED) is 0.799. The summed E-state index contributed by atoms with van der Waals surface area (Å²) in [6.07, 6.45) is 0. The van der Waals surface area contributed by atoms with Gasteiger partial charge in [0, 0.05) is 6.54 Å². The van der Waals surface area contributed by atoms with Crippen molar-refractivity contribution >= 4 is 0 Å². The molecule has 0 aliphatic heterocycles. The summed E-state index contributed by atoms with van der Waals surface area (Å²) in [5, 5.41) is 13.0. The SMILES string of the molecule is CCNCC(C)(O)COc1cccc(C)c1F. The van der Waals surface area contributed by atoms with Crippen LogP contribution >= 0.6 is 0 Å². The molecule has 96 valence electrons. The highest BCUT2D eigenvalue weighted by atomic mass is 19.1. The lowest BCUT2D eigenvalue weighted by Gasteiger charge is -2.23. The average molecular weight is 241 g/mol. The second-order valence-corrected chi connectivity index (χ2v) is 4.45. The van der Waals surface area contributed by atoms with Crippen LogP contribution in [0.5, 0.6) is 5.75 Å². The predicted octanol–water partition coefficient (Wildman–Crippen LogP) is 1.87. The first-order valence-electron chi connectivity index (χ1n) is 5.77. The molecule has 1 rings (SSSR count). The van der Waals surface area contributed by atoms with Gasteiger partial charge in [0.25, 0.3) is 0 Å². The van der Waals surface area contributed by atoms with Crippen LogP contribution in [0, 0.1) is 12.7 Å². The lowest BCUT2D eigenvalue weighted by atomic mass is 10.1. The smallest absolute Gasteiger partial charge is 0.167 e. The third kappa shape index (κ3) is 4.32. The molecule has 0 radical (unpaired) electrons. The molecule has 0 saturated carbocycles. The van der Waals surface area contributed by atoms with Gasteiger partial charge in [0.05, 0.1) is 0 Å². The van der Waals surface area contributed by atoms with Crippen LogP contribution in [0.4, 0.5) is 4.39 Å². The van der Waals surface area contributed by atoms with Crippen LogP contribution in [0.15, 0.2) is 18.2 Å². The van der Waals surface area contributed by atoms with Gasteiger partial charge in [0.15, 0.2) is 11.6 Å². The first-order valence-corrected chi connectivity index (χ1v) is 5.77. The molecule has 1 unspecified atom stereocenters. The van der Waals surface area contributed by atoms with E-state index >= 15 is 0 Å². The first kappa shape index (κ1) is 13.9. The van der Waals surface area contributed by atoms with Crippen molar-refractivity contribution in [1.29, 1.82) is 0 Å². The van der Waals surface area contributed by atoms with Gasteiger partial charge in [-0.15, -0.1) is 0 Å². The molecule has 1 aromatic carbocycles. The Bertz CT molecular complexity index is 366. The molecule has 0 aliphatic rings. The normalized spacial score (nSPS) is 14.4. The van der Waals surface area contributed by atoms with E-state index in [9.17, 15) is 9.50 Å². The van der Waals surface area contributed by atoms with Gasteiger partial charge in [-0.1, -0.05) is 19.1 Å². The lowest BCUT2D eigenvalue weighted by molar-refractivity contribution is 0.0115. The molecule has 17 heavy (non-hydrogen) atoms. The van der Waals surface area contributed by atoms with E-state index in [0.29, 0.717) is 12.1 Å². The summed E-state index contributed by atoms with van der Waals surface area (Å²) in [5.74, 6) is -0.187. The zero-order chi connectivity index (χ0) is 12.9. The topological polar surface area (TPSA) is 41.5 Å². The summed E-state index contributed by atoms with van der Waals surface area (Å²) in [5.41, 5.74) is -0.472. The number of hydrogen-bond acceptors (Lipinski definition) is 3. The Labute approximate surface area is 102 Å². The van der Waals surface area contributed by atoms with E-state index < -0.39 is 5.60 Å². The monoisotopic (exact) mass is 241 g/mol. The standard InChI is InChI=1S/C13H20FNO2/c1-4-15-8-13(3,16)9-17-11-7-5-6-10(2)12(11)14/h5-7,15-16H,4,8-9H2,1-3H3. The Morgan fingerprint density at radius 1 is 1.47 bits per heavy atom. The van der Waals surface area contributed by atoms with Crippen LogP contribution in [0.1, 0.15) is 19.4 Å². The number of benzene rings is 1. The van der Waals surface area contributed by atoms with Crippen LogP contribution in [-0.2, 0) is 0 Å². The summed E-state index contributed by atoms with van der Waals surface area (Å²) in [6.45, 7) is 6.53. The zero-order valence-corrected chi connectivity index (χ0v) is 10.6. The van der Waals surface area contributed by atoms with Crippen molar-refractivity contribution in [2.24, 2.45) is 0 Å². The lowest BCUT2D eigenvalue weighted by Crippen LogP contribution is -2.42. The van der Waals surface area contributed by atoms with Gasteiger partial charge in [-0.25, -0.2) is 4.39 Å². The minimum Gasteiger partial charge on any atom is -0.487 e. The van der Waals surface area contributed by atoms with Crippen molar-refractivity contribution in [2.75, 3.05) is 19.7 Å². The van der Waals surface area contributed by atoms with Crippen LogP contribution in [-0.4, -0.2) is 30.4 Å². The van der Waals surface area contributed by atoms with Gasteiger partial charge in [-0.2, -0.15) is 0 Å². The predicted molar refractivity (Wildman–Crippen MR) is 65.8 cm³/mol. The summed E-state index contributed by atoms with van der Waals surface area (Å²) in [4.78, 5) is 0. The maximum Gasteiger partial charge on any atom is 0.167 e. The molecule has 4 heteroatoms. The molecule has 0 fully saturated rings. The highest BCUT2D eigenvalue weighted by Crippen LogP contribution is 2.20. The number of halogens is 1. The number of nitrogens with one attached hydrogen (secondary N) is 1. The molecule has 2 N–H and O–H groups in total. The van der Waals surface area contributed by atoms with Crippen molar-refractivity contribution in [1.82, 2.24) is 5.32 Å². The Kier molecular flexibility index (Phi) is 4.90. The molecule has 3 nitrogen and oxygen atoms in total. The van der Waals surface area contributed by atoms with E-state index in [1.54, 1.807) is 32.0 Å². The van der Waals surface area contributed by atoms with Crippen LogP contribution in [0.25, 0.3) is 0 Å². The highest BCUT2D eigenvalue weighted by Gasteiger charge is 2.21. The summed E-state index contributed by atoms with van der Waals surface area (Å²) in [6, 6.07) is 4.97. The van der Waals surface area contributed by atoms with Crippen molar-refractivity contribution in [3.8, 4) is 5.75 Å². The number of likely N-dealkylation sites (N-methyl/N-ethyl adjacent to an activating group) is 1. The summed E-state index contributed by atoms with van der Waals surface area (Å²) >= 11 is 0. The molecule has 1 aromatic rings. The van der Waals surface area contributed by atoms with Gasteiger partial charge in [0.2, 0.25) is 0 Å². The molecule has 0 bridgehead atoms. The first-order chi connectivity index (χ1) is 7.96. The minimum absolute atomic E-state index is 0.0559. The van der Waals surface area contributed by atoms with Gasteiger partial charge in [-0.05, 0) is 32.0 Å². The van der Waals surface area contributed by atoms with E-state index in [-0.39, 0.29) is 18.2 Å². The Hall–Kier alpha value is -1.13. The van der Waals surface area contributed by atoms with Gasteiger partial charge < -0.3 is 15.2 Å². The summed E-state index contributed by atoms with van der Waals surface area (Å²) in [7, 11) is 0. The average Bonchev–Trinajstić information content (AvgIpc) is 2.29. The van der Waals surface area contributed by atoms with E-state index in [0.717, 1.165) is 6.54 Å². The maximum atomic E-state index is 13.6. The second kappa shape index (κ2) is 5.98. The van der Waals surface area contributed by atoms with Gasteiger partial charge in [0.1, 0.15) is 12.2 Å². The molecule has 0 aromatic heterocycles. The third-order valence-electron chi connectivity index (χ3n) is 2.45. The number of aliphatic hydroxyl groups is 1. The highest BCUT2D eigenvalue weighted by molar-refractivity contribution is 5.30. The third-order valence-corrected chi connectivity index (χ3v) is 2.45. The Morgan fingerprint density at radius 3 is 2.82 bits per heavy atom. The minimum atomic E-state index is -1.01. The number of hydrogen-bond donors (Lipinski definition) is 2. The van der Waals surface area contributed by atoms with E-state index in [1.807, 2.05) is 6.92 Å². The molecule has 0 amide bonds. The fraction of sp³-hybridized carbons (Fsp3) is 0.538. The molecule has 1 atom stereocenters. The largest absolute Gasteiger partial charge is 0.487 e. The number of aryl methyl sites for hydroxylation is 1. The molecule has 0 heterocycles. The molecular weight excluding hydrogens is 221 g/mol. The molecule has 0 saturated heterocycles. The fourth-order valence-corrected chi connectivity index (χ4v) is 1.41. The van der Waals surface area contributed by atoms with Crippen LogP contribution in [0.2, 0.25) is 0 Å². The van der Waals surface area contributed by atoms with E-state index in [4.69, 9.17) is 4.74 Å². The molecule has 0 spiro atoms. The second-order valence-electron chi connectivity index (χ2n) is 4.45. The van der Waals surface area contributed by atoms with E-state index in [2.05, 4.69) is 5.32 Å². The Balaban J connectivity index is 2.58. The van der Waals surface area contributed by atoms with Gasteiger partial charge >= 0.3 is 0 Å². The maximum absolute atomic E-state index is 13.6. The fourth-order valence-electron chi connectivity index (χ4n) is 1.41. The number of rotatable bonds is 6. The van der Waals surface area contributed by atoms with Crippen molar-refractivity contribution in [3.05, 3.63) is 29.6 Å². The van der Waals surface area contributed by atoms with Crippen LogP contribution < -0.4 is 10.1 Å².